The zero-order valence-corrected chi connectivity index (χ0v) is 16.6. The number of hydrogen-bond acceptors (Lipinski definition) is 5. The molecule has 0 fully saturated rings. The van der Waals surface area contributed by atoms with Crippen molar-refractivity contribution in [2.45, 2.75) is 39.3 Å². The van der Waals surface area contributed by atoms with Crippen molar-refractivity contribution in [1.82, 2.24) is 24.4 Å². The number of nitrogens with one attached hydrogen (secondary N) is 1. The van der Waals surface area contributed by atoms with Gasteiger partial charge in [0.15, 0.2) is 5.65 Å². The zero-order chi connectivity index (χ0) is 18.7. The molecule has 0 atom stereocenters. The topological polar surface area (TPSA) is 86.3 Å². The fraction of sp³-hybridized carbons (Fsp3) is 0.412. The number of rotatable bonds is 7. The summed E-state index contributed by atoms with van der Waals surface area (Å²) in [4.78, 5) is 16.8. The molecule has 26 heavy (non-hydrogen) atoms. The van der Waals surface area contributed by atoms with Gasteiger partial charge in [-0.15, -0.1) is 0 Å². The smallest absolute Gasteiger partial charge is 0.261 e. The molecule has 0 bridgehead atoms. The lowest BCUT2D eigenvalue weighted by Gasteiger charge is -2.15. The van der Waals surface area contributed by atoms with Crippen molar-refractivity contribution in [2.24, 2.45) is 0 Å². The van der Waals surface area contributed by atoms with Crippen LogP contribution < -0.4 is 5.32 Å². The first-order chi connectivity index (χ1) is 12.3. The summed E-state index contributed by atoms with van der Waals surface area (Å²) in [6, 6.07) is 2.87. The van der Waals surface area contributed by atoms with Crippen LogP contribution >= 0.6 is 0 Å². The number of carbonyl (C=O) groups is 1. The molecule has 0 aliphatic rings. The predicted octanol–water partition coefficient (Wildman–Crippen LogP) is 2.80. The van der Waals surface area contributed by atoms with Crippen LogP contribution in [-0.2, 0) is 11.5 Å². The number of amides is 1. The van der Waals surface area contributed by atoms with E-state index in [9.17, 15) is 4.79 Å². The van der Waals surface area contributed by atoms with Crippen molar-refractivity contribution in [3.8, 4) is 0 Å². The van der Waals surface area contributed by atoms with Gasteiger partial charge in [-0.25, -0.2) is 14.2 Å². The fourth-order valence-electron chi connectivity index (χ4n) is 2.41. The van der Waals surface area contributed by atoms with E-state index >= 15 is 0 Å². The SMILES string of the molecule is Cc1c(NC(=O)c2cnn3cccnc23)cnn1COCC[Si](C)(C)C. The predicted molar refractivity (Wildman–Crippen MR) is 102 cm³/mol. The van der Waals surface area contributed by atoms with Gasteiger partial charge in [-0.05, 0) is 19.0 Å². The summed E-state index contributed by atoms with van der Waals surface area (Å²) in [5, 5.41) is 11.3. The Morgan fingerprint density at radius 1 is 1.27 bits per heavy atom. The molecule has 0 saturated heterocycles. The molecule has 3 aromatic rings. The lowest BCUT2D eigenvalue weighted by Crippen LogP contribution is -2.22. The third kappa shape index (κ3) is 4.17. The van der Waals surface area contributed by atoms with Crippen molar-refractivity contribution >= 4 is 25.3 Å². The van der Waals surface area contributed by atoms with Crippen molar-refractivity contribution in [3.05, 3.63) is 42.1 Å². The number of anilines is 1. The van der Waals surface area contributed by atoms with Gasteiger partial charge in [0, 0.05) is 27.1 Å². The lowest BCUT2D eigenvalue weighted by molar-refractivity contribution is 0.0771. The molecule has 8 nitrogen and oxygen atoms in total. The Hall–Kier alpha value is -2.52. The van der Waals surface area contributed by atoms with Gasteiger partial charge in [0.1, 0.15) is 12.3 Å². The Morgan fingerprint density at radius 2 is 2.08 bits per heavy atom. The van der Waals surface area contributed by atoms with Gasteiger partial charge in [0.05, 0.1) is 23.8 Å². The number of nitrogens with zero attached hydrogens (tertiary/aromatic N) is 5. The minimum atomic E-state index is -1.10. The van der Waals surface area contributed by atoms with E-state index in [-0.39, 0.29) is 5.91 Å². The quantitative estimate of drug-likeness (QED) is 0.509. The van der Waals surface area contributed by atoms with E-state index in [4.69, 9.17) is 4.74 Å². The van der Waals surface area contributed by atoms with Crippen LogP contribution in [0.5, 0.6) is 0 Å². The van der Waals surface area contributed by atoms with Crippen LogP contribution in [0.1, 0.15) is 16.1 Å². The average molecular weight is 373 g/mol. The standard InChI is InChI=1S/C17H24N6O2Si/c1-13-15(11-20-23(13)12-25-8-9-26(2,3)4)21-17(24)14-10-19-22-7-5-6-18-16(14)22/h5-7,10-11H,8-9,12H2,1-4H3,(H,21,24). The maximum absolute atomic E-state index is 12.6. The Balaban J connectivity index is 1.64. The second kappa shape index (κ2) is 7.38. The van der Waals surface area contributed by atoms with Crippen LogP contribution in [-0.4, -0.2) is 45.0 Å². The van der Waals surface area contributed by atoms with Crippen LogP contribution in [0.3, 0.4) is 0 Å². The van der Waals surface area contributed by atoms with E-state index in [1.54, 1.807) is 33.9 Å². The molecule has 1 N–H and O–H groups in total. The summed E-state index contributed by atoms with van der Waals surface area (Å²) in [7, 11) is -1.10. The third-order valence-corrected chi connectivity index (χ3v) is 5.79. The highest BCUT2D eigenvalue weighted by atomic mass is 28.3. The summed E-state index contributed by atoms with van der Waals surface area (Å²) in [6.07, 6.45) is 6.53. The minimum absolute atomic E-state index is 0.263. The molecular formula is C17H24N6O2Si. The Kier molecular flexibility index (Phi) is 5.19. The summed E-state index contributed by atoms with van der Waals surface area (Å²) in [6.45, 7) is 9.96. The van der Waals surface area contributed by atoms with Crippen LogP contribution in [0.25, 0.3) is 5.65 Å². The van der Waals surface area contributed by atoms with E-state index in [2.05, 4.69) is 40.1 Å². The molecule has 0 aromatic carbocycles. The molecule has 1 amide bonds. The minimum Gasteiger partial charge on any atom is -0.360 e. The van der Waals surface area contributed by atoms with E-state index in [0.717, 1.165) is 18.3 Å². The number of aromatic nitrogens is 5. The second-order valence-electron chi connectivity index (χ2n) is 7.39. The van der Waals surface area contributed by atoms with Crippen molar-refractivity contribution < 1.29 is 9.53 Å². The summed E-state index contributed by atoms with van der Waals surface area (Å²) >= 11 is 0. The number of ether oxygens (including phenoxy) is 1. The fourth-order valence-corrected chi connectivity index (χ4v) is 3.16. The molecule has 138 valence electrons. The van der Waals surface area contributed by atoms with E-state index in [1.165, 1.54) is 6.20 Å². The molecule has 0 spiro atoms. The van der Waals surface area contributed by atoms with E-state index < -0.39 is 8.07 Å². The van der Waals surface area contributed by atoms with Crippen LogP contribution in [0.4, 0.5) is 5.69 Å². The Labute approximate surface area is 153 Å². The van der Waals surface area contributed by atoms with Gasteiger partial charge in [-0.1, -0.05) is 19.6 Å². The van der Waals surface area contributed by atoms with Gasteiger partial charge in [0.25, 0.3) is 5.91 Å². The van der Waals surface area contributed by atoms with Crippen LogP contribution in [0.2, 0.25) is 25.7 Å². The molecule has 3 rings (SSSR count). The molecular weight excluding hydrogens is 348 g/mol. The number of hydrogen-bond donors (Lipinski definition) is 1. The van der Waals surface area contributed by atoms with Crippen molar-refractivity contribution in [1.29, 1.82) is 0 Å². The Morgan fingerprint density at radius 3 is 2.85 bits per heavy atom. The Bertz CT molecular complexity index is 912. The van der Waals surface area contributed by atoms with E-state index in [0.29, 0.717) is 23.6 Å². The maximum Gasteiger partial charge on any atom is 0.261 e. The largest absolute Gasteiger partial charge is 0.360 e. The molecule has 0 aliphatic carbocycles. The van der Waals surface area contributed by atoms with Crippen molar-refractivity contribution in [3.63, 3.8) is 0 Å². The first kappa shape index (κ1) is 18.3. The van der Waals surface area contributed by atoms with Crippen LogP contribution in [0.15, 0.2) is 30.9 Å². The highest BCUT2D eigenvalue weighted by Gasteiger charge is 2.17. The molecule has 0 unspecified atom stereocenters. The molecule has 0 aliphatic heterocycles. The van der Waals surface area contributed by atoms with Gasteiger partial charge < -0.3 is 10.1 Å². The molecule has 9 heteroatoms. The molecule has 0 saturated carbocycles. The van der Waals surface area contributed by atoms with Crippen molar-refractivity contribution in [2.75, 3.05) is 11.9 Å². The van der Waals surface area contributed by atoms with E-state index in [1.807, 2.05) is 6.92 Å². The number of carbonyl (C=O) groups excluding carboxylic acids is 1. The first-order valence-corrected chi connectivity index (χ1v) is 12.3. The normalized spacial score (nSPS) is 11.8. The van der Waals surface area contributed by atoms with Gasteiger partial charge in [-0.3, -0.25) is 4.79 Å². The van der Waals surface area contributed by atoms with Gasteiger partial charge >= 0.3 is 0 Å². The highest BCUT2D eigenvalue weighted by Crippen LogP contribution is 2.17. The first-order valence-electron chi connectivity index (χ1n) is 8.55. The summed E-state index contributed by atoms with van der Waals surface area (Å²) in [5.74, 6) is -0.263. The molecule has 0 radical (unpaired) electrons. The third-order valence-electron chi connectivity index (χ3n) is 4.09. The lowest BCUT2D eigenvalue weighted by atomic mass is 10.3. The second-order valence-corrected chi connectivity index (χ2v) is 13.0. The van der Waals surface area contributed by atoms with Gasteiger partial charge in [-0.2, -0.15) is 10.2 Å². The average Bonchev–Trinajstić information content (AvgIpc) is 3.16. The number of fused-ring (bicyclic) bond motifs is 1. The molecule has 3 heterocycles. The van der Waals surface area contributed by atoms with Gasteiger partial charge in [0.2, 0.25) is 0 Å². The zero-order valence-electron chi connectivity index (χ0n) is 15.6. The molecule has 3 aromatic heterocycles. The highest BCUT2D eigenvalue weighted by molar-refractivity contribution is 6.76. The monoisotopic (exact) mass is 372 g/mol. The summed E-state index contributed by atoms with van der Waals surface area (Å²) in [5.41, 5.74) is 2.43. The summed E-state index contributed by atoms with van der Waals surface area (Å²) < 4.78 is 9.04. The van der Waals surface area contributed by atoms with Crippen LogP contribution in [0, 0.1) is 6.92 Å². The maximum atomic E-state index is 12.6.